The third-order valence-electron chi connectivity index (χ3n) is 1.91. The van der Waals surface area contributed by atoms with Gasteiger partial charge in [0.05, 0.1) is 5.56 Å². The van der Waals surface area contributed by atoms with E-state index in [0.29, 0.717) is 11.3 Å². The minimum atomic E-state index is -0.780. The normalized spacial score (nSPS) is 11.1. The highest BCUT2D eigenvalue weighted by Gasteiger charge is 2.10. The lowest BCUT2D eigenvalue weighted by molar-refractivity contribution is -0.114. The van der Waals surface area contributed by atoms with Crippen LogP contribution in [-0.4, -0.2) is 18.0 Å². The molecule has 5 heteroatoms. The summed E-state index contributed by atoms with van der Waals surface area (Å²) in [5, 5.41) is 11.1. The summed E-state index contributed by atoms with van der Waals surface area (Å²) in [6.45, 7) is 2.89. The number of amides is 1. The van der Waals surface area contributed by atoms with Crippen molar-refractivity contribution >= 4 is 17.6 Å². The van der Waals surface area contributed by atoms with E-state index >= 15 is 0 Å². The van der Waals surface area contributed by atoms with Gasteiger partial charge in [0, 0.05) is 12.6 Å². The predicted octanol–water partition coefficient (Wildman–Crippen LogP) is 1.71. The van der Waals surface area contributed by atoms with Crippen molar-refractivity contribution in [3.05, 3.63) is 29.8 Å². The minimum absolute atomic E-state index is 0.182. The second-order valence-electron chi connectivity index (χ2n) is 3.44. The summed E-state index contributed by atoms with van der Waals surface area (Å²) in [6, 6.07) is 8.04. The minimum Gasteiger partial charge on any atom is -0.444 e. The summed E-state index contributed by atoms with van der Waals surface area (Å²) in [5.74, 6) is -0.744. The molecule has 0 heterocycles. The van der Waals surface area contributed by atoms with Gasteiger partial charge in [-0.25, -0.2) is 4.79 Å². The summed E-state index contributed by atoms with van der Waals surface area (Å²) in [6.07, 6.45) is -0.780. The molecule has 1 aromatic rings. The molecule has 0 saturated heterocycles. The van der Waals surface area contributed by atoms with E-state index in [0.717, 1.165) is 0 Å². The van der Waals surface area contributed by atoms with E-state index in [1.54, 1.807) is 18.2 Å². The number of anilines is 1. The Morgan fingerprint density at radius 1 is 1.35 bits per heavy atom. The number of nitriles is 1. The smallest absolute Gasteiger partial charge is 0.339 e. The fourth-order valence-electron chi connectivity index (χ4n) is 1.15. The Morgan fingerprint density at radius 3 is 2.41 bits per heavy atom. The molecule has 17 heavy (non-hydrogen) atoms. The van der Waals surface area contributed by atoms with Crippen LogP contribution in [0.25, 0.3) is 0 Å². The van der Waals surface area contributed by atoms with Gasteiger partial charge < -0.3 is 10.1 Å². The van der Waals surface area contributed by atoms with E-state index in [9.17, 15) is 9.59 Å². The second-order valence-corrected chi connectivity index (χ2v) is 3.44. The van der Waals surface area contributed by atoms with E-state index < -0.39 is 12.1 Å². The number of ether oxygens (including phenoxy) is 1. The van der Waals surface area contributed by atoms with Gasteiger partial charge in [-0.2, -0.15) is 5.26 Å². The maximum Gasteiger partial charge on any atom is 0.339 e. The Bertz CT molecular complexity index is 460. The van der Waals surface area contributed by atoms with E-state index in [1.807, 2.05) is 0 Å². The lowest BCUT2D eigenvalue weighted by Gasteiger charge is -2.06. The zero-order valence-electron chi connectivity index (χ0n) is 9.56. The Morgan fingerprint density at radius 2 is 1.94 bits per heavy atom. The Hall–Kier alpha value is -2.35. The molecule has 0 aliphatic carbocycles. The summed E-state index contributed by atoms with van der Waals surface area (Å²) < 4.78 is 4.82. The van der Waals surface area contributed by atoms with Crippen molar-refractivity contribution in [3.8, 4) is 6.07 Å². The Labute approximate surface area is 99.0 Å². The van der Waals surface area contributed by atoms with Crippen LogP contribution in [-0.2, 0) is 9.53 Å². The number of rotatable bonds is 3. The highest BCUT2D eigenvalue weighted by atomic mass is 16.5. The van der Waals surface area contributed by atoms with E-state index in [1.165, 1.54) is 26.0 Å². The Kier molecular flexibility index (Phi) is 4.23. The van der Waals surface area contributed by atoms with Gasteiger partial charge in [0.15, 0.2) is 6.10 Å². The number of esters is 1. The van der Waals surface area contributed by atoms with Crippen molar-refractivity contribution in [2.75, 3.05) is 5.32 Å². The molecule has 88 valence electrons. The van der Waals surface area contributed by atoms with Crippen LogP contribution in [0.15, 0.2) is 24.3 Å². The lowest BCUT2D eigenvalue weighted by Crippen LogP contribution is -2.13. The number of carbonyl (C=O) groups excluding carboxylic acids is 2. The first-order valence-electron chi connectivity index (χ1n) is 5.01. The first kappa shape index (κ1) is 12.7. The molecule has 0 aliphatic rings. The average Bonchev–Trinajstić information content (AvgIpc) is 2.28. The van der Waals surface area contributed by atoms with Crippen LogP contribution in [0.2, 0.25) is 0 Å². The van der Waals surface area contributed by atoms with Gasteiger partial charge in [-0.15, -0.1) is 0 Å². The largest absolute Gasteiger partial charge is 0.444 e. The van der Waals surface area contributed by atoms with Gasteiger partial charge in [-0.05, 0) is 31.2 Å². The summed E-state index contributed by atoms with van der Waals surface area (Å²) in [5.41, 5.74) is 0.934. The molecule has 1 atom stereocenters. The van der Waals surface area contributed by atoms with E-state index in [-0.39, 0.29) is 5.91 Å². The maximum atomic E-state index is 11.5. The molecular weight excluding hydrogens is 220 g/mol. The lowest BCUT2D eigenvalue weighted by atomic mass is 10.2. The molecule has 1 aromatic carbocycles. The molecule has 0 aliphatic heterocycles. The number of benzene rings is 1. The van der Waals surface area contributed by atoms with Crippen LogP contribution in [0.1, 0.15) is 24.2 Å². The molecule has 0 aromatic heterocycles. The molecule has 0 saturated carbocycles. The molecule has 0 spiro atoms. The monoisotopic (exact) mass is 232 g/mol. The van der Waals surface area contributed by atoms with Crippen molar-refractivity contribution in [3.63, 3.8) is 0 Å². The highest BCUT2D eigenvalue weighted by molar-refractivity contribution is 5.92. The van der Waals surface area contributed by atoms with Crippen molar-refractivity contribution in [2.24, 2.45) is 0 Å². The van der Waals surface area contributed by atoms with E-state index in [2.05, 4.69) is 5.32 Å². The van der Waals surface area contributed by atoms with Gasteiger partial charge >= 0.3 is 5.97 Å². The highest BCUT2D eigenvalue weighted by Crippen LogP contribution is 2.11. The van der Waals surface area contributed by atoms with Crippen LogP contribution in [0.5, 0.6) is 0 Å². The van der Waals surface area contributed by atoms with E-state index in [4.69, 9.17) is 10.00 Å². The SMILES string of the molecule is CC(=O)Nc1ccc(C(=O)O[C@@H](C)C#N)cc1. The zero-order chi connectivity index (χ0) is 12.8. The Balaban J connectivity index is 2.71. The second kappa shape index (κ2) is 5.66. The summed E-state index contributed by atoms with van der Waals surface area (Å²) in [4.78, 5) is 22.3. The molecular formula is C12H12N2O3. The van der Waals surface area contributed by atoms with Crippen molar-refractivity contribution in [1.82, 2.24) is 0 Å². The van der Waals surface area contributed by atoms with Gasteiger partial charge in [-0.1, -0.05) is 0 Å². The zero-order valence-corrected chi connectivity index (χ0v) is 9.56. The van der Waals surface area contributed by atoms with Gasteiger partial charge in [-0.3, -0.25) is 4.79 Å². The van der Waals surface area contributed by atoms with Crippen LogP contribution < -0.4 is 5.32 Å². The first-order chi connectivity index (χ1) is 8.02. The van der Waals surface area contributed by atoms with Gasteiger partial charge in [0.1, 0.15) is 6.07 Å². The molecule has 0 bridgehead atoms. The fourth-order valence-corrected chi connectivity index (χ4v) is 1.15. The average molecular weight is 232 g/mol. The molecule has 0 unspecified atom stereocenters. The quantitative estimate of drug-likeness (QED) is 0.804. The third kappa shape index (κ3) is 3.95. The van der Waals surface area contributed by atoms with Crippen LogP contribution in [0, 0.1) is 11.3 Å². The first-order valence-corrected chi connectivity index (χ1v) is 5.01. The van der Waals surface area contributed by atoms with Gasteiger partial charge in [0.2, 0.25) is 5.91 Å². The predicted molar refractivity (Wildman–Crippen MR) is 61.2 cm³/mol. The molecule has 1 amide bonds. The number of nitrogens with zero attached hydrogens (tertiary/aromatic N) is 1. The van der Waals surface area contributed by atoms with Crippen LogP contribution in [0.3, 0.4) is 0 Å². The number of nitrogens with one attached hydrogen (secondary N) is 1. The van der Waals surface area contributed by atoms with Gasteiger partial charge in [0.25, 0.3) is 0 Å². The fraction of sp³-hybridized carbons (Fsp3) is 0.250. The molecule has 0 radical (unpaired) electrons. The number of hydrogen-bond donors (Lipinski definition) is 1. The van der Waals surface area contributed by atoms with Crippen LogP contribution >= 0.6 is 0 Å². The topological polar surface area (TPSA) is 79.2 Å². The number of carbonyl (C=O) groups is 2. The van der Waals surface area contributed by atoms with Crippen LogP contribution in [0.4, 0.5) is 5.69 Å². The molecule has 5 nitrogen and oxygen atoms in total. The van der Waals surface area contributed by atoms with Crippen molar-refractivity contribution in [2.45, 2.75) is 20.0 Å². The molecule has 1 rings (SSSR count). The number of hydrogen-bond acceptors (Lipinski definition) is 4. The summed E-state index contributed by atoms with van der Waals surface area (Å²) in [7, 11) is 0. The maximum absolute atomic E-state index is 11.5. The molecule has 1 N–H and O–H groups in total. The standard InChI is InChI=1S/C12H12N2O3/c1-8(7-13)17-12(16)10-3-5-11(6-4-10)14-9(2)15/h3-6,8H,1-2H3,(H,14,15)/t8-/m0/s1. The third-order valence-corrected chi connectivity index (χ3v) is 1.91. The molecule has 0 fully saturated rings. The summed E-state index contributed by atoms with van der Waals surface area (Å²) >= 11 is 0. The van der Waals surface area contributed by atoms with Crippen molar-refractivity contribution < 1.29 is 14.3 Å². The van der Waals surface area contributed by atoms with Crippen molar-refractivity contribution in [1.29, 1.82) is 5.26 Å².